The van der Waals surface area contributed by atoms with Gasteiger partial charge in [0.2, 0.25) is 5.91 Å². The van der Waals surface area contributed by atoms with Gasteiger partial charge in [0.25, 0.3) is 11.8 Å². The van der Waals surface area contributed by atoms with Gasteiger partial charge in [-0.1, -0.05) is 12.8 Å². The molecule has 15 nitrogen and oxygen atoms in total. The van der Waals surface area contributed by atoms with Gasteiger partial charge in [0, 0.05) is 36.6 Å². The third-order valence-electron chi connectivity index (χ3n) is 10.7. The number of hydrogen-bond donors (Lipinski definition) is 2. The van der Waals surface area contributed by atoms with Crippen LogP contribution < -0.4 is 24.9 Å². The van der Waals surface area contributed by atoms with Crippen LogP contribution in [-0.4, -0.2) is 84.7 Å². The molecule has 0 atom stereocenters. The highest BCUT2D eigenvalue weighted by Crippen LogP contribution is 2.40. The van der Waals surface area contributed by atoms with Crippen LogP contribution in [0.15, 0.2) is 61.1 Å². The number of unbranched alkanes of at least 4 members (excludes halogenated alkanes) is 3. The summed E-state index contributed by atoms with van der Waals surface area (Å²) >= 11 is 5.54. The van der Waals surface area contributed by atoms with E-state index in [1.807, 2.05) is 30.9 Å². The van der Waals surface area contributed by atoms with Crippen molar-refractivity contribution in [2.24, 2.45) is 0 Å². The van der Waals surface area contributed by atoms with Crippen LogP contribution in [0.25, 0.3) is 22.8 Å². The number of aromatic nitrogens is 6. The lowest BCUT2D eigenvalue weighted by Crippen LogP contribution is -2.47. The number of nitriles is 1. The first-order chi connectivity index (χ1) is 29.5. The molecule has 0 radical (unpaired) electrons. The van der Waals surface area contributed by atoms with E-state index >= 15 is 4.39 Å². The van der Waals surface area contributed by atoms with Gasteiger partial charge in [0.05, 0.1) is 46.9 Å². The number of nitrogens with one attached hydrogen (secondary N) is 2. The molecule has 2 aromatic carbocycles. The second-order valence-corrected chi connectivity index (χ2v) is 15.5. The Morgan fingerprint density at radius 2 is 1.74 bits per heavy atom. The quantitative estimate of drug-likeness (QED) is 0.0724. The lowest BCUT2D eigenvalue weighted by Gasteiger charge is -2.35. The molecule has 1 saturated heterocycles. The Labute approximate surface area is 358 Å². The Hall–Kier alpha value is -6.88. The number of amides is 3. The van der Waals surface area contributed by atoms with Crippen molar-refractivity contribution in [1.82, 2.24) is 35.5 Å². The Morgan fingerprint density at radius 3 is 2.42 bits per heavy atom. The molecule has 0 saturated carbocycles. The van der Waals surface area contributed by atoms with Crippen LogP contribution in [0.2, 0.25) is 0 Å². The maximum atomic E-state index is 15.5. The number of fused-ring (bicyclic) bond motifs is 1. The van der Waals surface area contributed by atoms with E-state index in [9.17, 15) is 32.8 Å². The normalized spacial score (nSPS) is 15.0. The largest absolute Gasteiger partial charge is 0.417 e. The third-order valence-corrected chi connectivity index (χ3v) is 11.1. The van der Waals surface area contributed by atoms with Gasteiger partial charge >= 0.3 is 6.18 Å². The number of anilines is 4. The molecule has 320 valence electrons. The summed E-state index contributed by atoms with van der Waals surface area (Å²) < 4.78 is 56.7. The van der Waals surface area contributed by atoms with Crippen molar-refractivity contribution < 1.29 is 31.9 Å². The van der Waals surface area contributed by atoms with Gasteiger partial charge in [-0.15, -0.1) is 0 Å². The van der Waals surface area contributed by atoms with E-state index in [4.69, 9.17) is 22.2 Å². The minimum atomic E-state index is -4.86. The molecule has 2 aliphatic rings. The molecule has 1 fully saturated rings. The van der Waals surface area contributed by atoms with Crippen molar-refractivity contribution in [2.75, 3.05) is 45.8 Å². The standard InChI is InChI=1S/C42H40F4N12O3S/c1-5-56-34(59)22-55(36-37(56)53-33(21-49-36)28-14-15-32(52-24(28)2)35-50-23-51-54-35)17-9-7-6-8-16-48-38(60)29-13-12-27(19-31(29)43)58-40(62)57(39(61)41(58,3)4)26-11-10-25(20-47)30(18-26)42(44,45)46/h10-15,18-19,21,23H,5-9,16-17,22H2,1-4H3,(H,48,60)(H,50,51,54). The number of nitrogens with zero attached hydrogens (tertiary/aromatic N) is 10. The number of rotatable bonds is 13. The fourth-order valence-electron chi connectivity index (χ4n) is 7.52. The van der Waals surface area contributed by atoms with Crippen molar-refractivity contribution in [3.05, 3.63) is 89.3 Å². The zero-order valence-corrected chi connectivity index (χ0v) is 34.9. The summed E-state index contributed by atoms with van der Waals surface area (Å²) in [4.78, 5) is 63.9. The number of likely N-dealkylation sites (N-methyl/N-ethyl adjacent to an activating group) is 1. The SMILES string of the molecule is CCN1C(=O)CN(CCCCCCNC(=O)c2ccc(N3C(=S)N(c4ccc(C#N)c(C(F)(F)F)c4)C(=O)C3(C)C)cc2F)c2ncc(-c3ccc(-c4ncn[nH]4)nc3C)nc21. The smallest absolute Gasteiger partial charge is 0.352 e. The number of alkyl halides is 3. The first kappa shape index (κ1) is 43.2. The van der Waals surface area contributed by atoms with Crippen LogP contribution in [0, 0.1) is 24.1 Å². The zero-order valence-electron chi connectivity index (χ0n) is 34.0. The predicted octanol–water partition coefficient (Wildman–Crippen LogP) is 6.74. The Morgan fingerprint density at radius 1 is 0.984 bits per heavy atom. The van der Waals surface area contributed by atoms with Gasteiger partial charge < -0.3 is 15.1 Å². The number of halogens is 4. The van der Waals surface area contributed by atoms with Crippen molar-refractivity contribution in [2.45, 2.75) is 65.1 Å². The fraction of sp³-hybridized carbons (Fsp3) is 0.333. The van der Waals surface area contributed by atoms with Gasteiger partial charge in [0.15, 0.2) is 22.6 Å². The Bertz CT molecular complexity index is 2610. The van der Waals surface area contributed by atoms with Gasteiger partial charge in [0.1, 0.15) is 23.4 Å². The van der Waals surface area contributed by atoms with E-state index in [1.54, 1.807) is 11.1 Å². The second kappa shape index (κ2) is 17.2. The van der Waals surface area contributed by atoms with Crippen molar-refractivity contribution in [3.63, 3.8) is 0 Å². The van der Waals surface area contributed by atoms with Crippen LogP contribution in [0.1, 0.15) is 73.6 Å². The molecule has 7 rings (SSSR count). The molecule has 5 aromatic rings. The average Bonchev–Trinajstić information content (AvgIpc) is 3.83. The Balaban J connectivity index is 0.925. The maximum Gasteiger partial charge on any atom is 0.417 e. The van der Waals surface area contributed by atoms with Gasteiger partial charge in [-0.3, -0.25) is 29.3 Å². The molecule has 5 heterocycles. The molecule has 0 spiro atoms. The monoisotopic (exact) mass is 868 g/mol. The highest BCUT2D eigenvalue weighted by molar-refractivity contribution is 7.81. The van der Waals surface area contributed by atoms with Crippen LogP contribution in [0.3, 0.4) is 0 Å². The summed E-state index contributed by atoms with van der Waals surface area (Å²) in [5, 5.41) is 18.4. The number of aryl methyl sites for hydroxylation is 1. The first-order valence-electron chi connectivity index (χ1n) is 19.7. The van der Waals surface area contributed by atoms with Crippen molar-refractivity contribution in [3.8, 4) is 28.8 Å². The van der Waals surface area contributed by atoms with Crippen molar-refractivity contribution in [1.29, 1.82) is 5.26 Å². The number of carbonyl (C=O) groups excluding carboxylic acids is 3. The summed E-state index contributed by atoms with van der Waals surface area (Å²) in [6.45, 7) is 8.16. The van der Waals surface area contributed by atoms with E-state index < -0.39 is 40.5 Å². The Kier molecular flexibility index (Phi) is 12.0. The fourth-order valence-corrected chi connectivity index (χ4v) is 8.04. The van der Waals surface area contributed by atoms with E-state index in [1.165, 1.54) is 49.3 Å². The summed E-state index contributed by atoms with van der Waals surface area (Å²) in [5.41, 5.74) is -0.897. The minimum absolute atomic E-state index is 0.0849. The van der Waals surface area contributed by atoms with E-state index in [0.717, 1.165) is 41.9 Å². The third kappa shape index (κ3) is 8.27. The highest BCUT2D eigenvalue weighted by atomic mass is 32.1. The van der Waals surface area contributed by atoms with Gasteiger partial charge in [-0.2, -0.15) is 23.5 Å². The molecular formula is C42H40F4N12O3S. The molecule has 3 amide bonds. The molecule has 62 heavy (non-hydrogen) atoms. The molecule has 0 bridgehead atoms. The lowest BCUT2D eigenvalue weighted by atomic mass is 10.0. The molecule has 2 aliphatic heterocycles. The predicted molar refractivity (Wildman–Crippen MR) is 226 cm³/mol. The van der Waals surface area contributed by atoms with E-state index in [-0.39, 0.29) is 41.0 Å². The van der Waals surface area contributed by atoms with Crippen molar-refractivity contribution >= 4 is 58.1 Å². The molecule has 20 heteroatoms. The summed E-state index contributed by atoms with van der Waals surface area (Å²) in [5.74, 6) is -0.643. The molecule has 0 aliphatic carbocycles. The number of thiocarbonyl (C=S) groups is 1. The number of carbonyl (C=O) groups is 3. The number of H-pyrrole nitrogens is 1. The summed E-state index contributed by atoms with van der Waals surface area (Å²) in [6.07, 6.45) is 1.10. The van der Waals surface area contributed by atoms with E-state index in [0.29, 0.717) is 60.1 Å². The van der Waals surface area contributed by atoms with Gasteiger partial charge in [-0.05, 0) is 101 Å². The van der Waals surface area contributed by atoms with Crippen LogP contribution in [0.5, 0.6) is 0 Å². The van der Waals surface area contributed by atoms with Crippen LogP contribution in [-0.2, 0) is 15.8 Å². The number of hydrogen-bond acceptors (Lipinski definition) is 11. The molecule has 2 N–H and O–H groups in total. The topological polar surface area (TPSA) is 180 Å². The molecule has 0 unspecified atom stereocenters. The number of pyridine rings is 1. The maximum absolute atomic E-state index is 15.5. The minimum Gasteiger partial charge on any atom is -0.352 e. The average molecular weight is 869 g/mol. The highest BCUT2D eigenvalue weighted by Gasteiger charge is 2.51. The summed E-state index contributed by atoms with van der Waals surface area (Å²) in [6, 6.07) is 11.8. The van der Waals surface area contributed by atoms with Crippen LogP contribution >= 0.6 is 12.2 Å². The van der Waals surface area contributed by atoms with E-state index in [2.05, 4.69) is 25.5 Å². The number of aromatic amines is 1. The number of benzene rings is 2. The molecular weight excluding hydrogens is 829 g/mol. The van der Waals surface area contributed by atoms with Gasteiger partial charge in [-0.25, -0.2) is 24.3 Å². The lowest BCUT2D eigenvalue weighted by molar-refractivity contribution is -0.137. The van der Waals surface area contributed by atoms with Crippen LogP contribution in [0.4, 0.5) is 40.6 Å². The second-order valence-electron chi connectivity index (χ2n) is 15.1. The zero-order chi connectivity index (χ0) is 44.5. The first-order valence-corrected chi connectivity index (χ1v) is 20.1. The summed E-state index contributed by atoms with van der Waals surface area (Å²) in [7, 11) is 0. The molecule has 3 aromatic heterocycles.